The molecule has 13 heavy (non-hydrogen) atoms. The fourth-order valence-electron chi connectivity index (χ4n) is 1.59. The number of rotatable bonds is 3. The molecule has 0 spiro atoms. The van der Waals surface area contributed by atoms with Crippen LogP contribution in [0.3, 0.4) is 0 Å². The van der Waals surface area contributed by atoms with Crippen molar-refractivity contribution >= 4 is 9.84 Å². The van der Waals surface area contributed by atoms with Gasteiger partial charge in [-0.2, -0.15) is 0 Å². The van der Waals surface area contributed by atoms with Crippen molar-refractivity contribution in [2.24, 2.45) is 0 Å². The summed E-state index contributed by atoms with van der Waals surface area (Å²) in [6.07, 6.45) is 0.698. The van der Waals surface area contributed by atoms with E-state index in [1.165, 1.54) is 0 Å². The van der Waals surface area contributed by atoms with Gasteiger partial charge in [0.1, 0.15) is 0 Å². The standard InChI is InChI=1S/C8H17NO3S/c1-7(5-10)9(2)8-3-4-13(11,12)6-8/h7-8,10H,3-6H2,1-2H3. The van der Waals surface area contributed by atoms with E-state index >= 15 is 0 Å². The molecule has 0 aliphatic carbocycles. The van der Waals surface area contributed by atoms with Crippen LogP contribution in [0.1, 0.15) is 13.3 Å². The Balaban J connectivity index is 2.56. The molecule has 0 aromatic heterocycles. The number of sulfone groups is 1. The monoisotopic (exact) mass is 207 g/mol. The van der Waals surface area contributed by atoms with Crippen LogP contribution in [-0.2, 0) is 9.84 Å². The molecule has 78 valence electrons. The second-order valence-electron chi connectivity index (χ2n) is 3.75. The van der Waals surface area contributed by atoms with Gasteiger partial charge in [0.15, 0.2) is 9.84 Å². The summed E-state index contributed by atoms with van der Waals surface area (Å²) in [5.74, 6) is 0.536. The van der Waals surface area contributed by atoms with Crippen molar-refractivity contribution in [2.75, 3.05) is 25.2 Å². The Labute approximate surface area is 79.5 Å². The Morgan fingerprint density at radius 1 is 1.62 bits per heavy atom. The minimum atomic E-state index is -2.81. The molecule has 0 amide bonds. The van der Waals surface area contributed by atoms with E-state index in [2.05, 4.69) is 0 Å². The number of aliphatic hydroxyl groups excluding tert-OH is 1. The molecule has 1 aliphatic rings. The average Bonchev–Trinajstić information content (AvgIpc) is 2.43. The van der Waals surface area contributed by atoms with Gasteiger partial charge >= 0.3 is 0 Å². The highest BCUT2D eigenvalue weighted by Crippen LogP contribution is 2.17. The van der Waals surface area contributed by atoms with Gasteiger partial charge < -0.3 is 5.11 Å². The maximum absolute atomic E-state index is 11.2. The Bertz CT molecular complexity index is 263. The molecule has 2 atom stereocenters. The summed E-state index contributed by atoms with van der Waals surface area (Å²) in [7, 11) is -0.938. The van der Waals surface area contributed by atoms with Crippen LogP contribution in [0.4, 0.5) is 0 Å². The molecular weight excluding hydrogens is 190 g/mol. The largest absolute Gasteiger partial charge is 0.395 e. The molecule has 0 aromatic carbocycles. The van der Waals surface area contributed by atoms with Crippen molar-refractivity contribution < 1.29 is 13.5 Å². The second-order valence-corrected chi connectivity index (χ2v) is 5.98. The third-order valence-electron chi connectivity index (χ3n) is 2.74. The minimum Gasteiger partial charge on any atom is -0.395 e. The Morgan fingerprint density at radius 2 is 2.23 bits per heavy atom. The van der Waals surface area contributed by atoms with Crippen molar-refractivity contribution in [3.05, 3.63) is 0 Å². The molecule has 1 aliphatic heterocycles. The summed E-state index contributed by atoms with van der Waals surface area (Å²) in [6.45, 7) is 1.97. The van der Waals surface area contributed by atoms with Gasteiger partial charge in [0.05, 0.1) is 18.1 Å². The highest BCUT2D eigenvalue weighted by molar-refractivity contribution is 7.91. The maximum atomic E-state index is 11.2. The van der Waals surface area contributed by atoms with Crippen molar-refractivity contribution in [3.63, 3.8) is 0 Å². The molecule has 1 rings (SSSR count). The van der Waals surface area contributed by atoms with E-state index in [1.807, 2.05) is 18.9 Å². The van der Waals surface area contributed by atoms with Gasteiger partial charge in [-0.15, -0.1) is 0 Å². The molecule has 4 nitrogen and oxygen atoms in total. The predicted octanol–water partition coefficient (Wildman–Crippen LogP) is -0.514. The summed E-state index contributed by atoms with van der Waals surface area (Å²) in [5.41, 5.74) is 0. The number of nitrogens with zero attached hydrogens (tertiary/aromatic N) is 1. The molecule has 0 radical (unpaired) electrons. The molecule has 0 bridgehead atoms. The summed E-state index contributed by atoms with van der Waals surface area (Å²) in [4.78, 5) is 1.95. The maximum Gasteiger partial charge on any atom is 0.151 e. The zero-order valence-electron chi connectivity index (χ0n) is 8.10. The highest BCUT2D eigenvalue weighted by Gasteiger charge is 2.31. The zero-order valence-corrected chi connectivity index (χ0v) is 8.92. The lowest BCUT2D eigenvalue weighted by atomic mass is 10.2. The van der Waals surface area contributed by atoms with Crippen LogP contribution in [0.5, 0.6) is 0 Å². The lowest BCUT2D eigenvalue weighted by Crippen LogP contribution is -2.41. The number of hydrogen-bond donors (Lipinski definition) is 1. The average molecular weight is 207 g/mol. The van der Waals surface area contributed by atoms with E-state index in [9.17, 15) is 8.42 Å². The number of aliphatic hydroxyl groups is 1. The first-order valence-electron chi connectivity index (χ1n) is 4.49. The van der Waals surface area contributed by atoms with Gasteiger partial charge in [-0.05, 0) is 20.4 Å². The topological polar surface area (TPSA) is 57.6 Å². The van der Waals surface area contributed by atoms with Gasteiger partial charge in [-0.3, -0.25) is 4.90 Å². The molecule has 1 heterocycles. The van der Waals surface area contributed by atoms with E-state index in [-0.39, 0.29) is 24.4 Å². The Hall–Kier alpha value is -0.130. The van der Waals surface area contributed by atoms with E-state index in [0.29, 0.717) is 12.2 Å². The number of likely N-dealkylation sites (N-methyl/N-ethyl adjacent to an activating group) is 1. The first-order chi connectivity index (χ1) is 5.96. The molecular formula is C8H17NO3S. The molecule has 1 saturated heterocycles. The Kier molecular flexibility index (Phi) is 3.32. The van der Waals surface area contributed by atoms with E-state index in [0.717, 1.165) is 0 Å². The fraction of sp³-hybridized carbons (Fsp3) is 1.00. The first-order valence-corrected chi connectivity index (χ1v) is 6.31. The lowest BCUT2D eigenvalue weighted by molar-refractivity contribution is 0.129. The van der Waals surface area contributed by atoms with Crippen LogP contribution in [0.25, 0.3) is 0 Å². The lowest BCUT2D eigenvalue weighted by Gasteiger charge is -2.28. The summed E-state index contributed by atoms with van der Waals surface area (Å²) in [6, 6.07) is 0.130. The number of hydrogen-bond acceptors (Lipinski definition) is 4. The van der Waals surface area contributed by atoms with E-state index in [4.69, 9.17) is 5.11 Å². The van der Waals surface area contributed by atoms with Crippen molar-refractivity contribution in [2.45, 2.75) is 25.4 Å². The van der Waals surface area contributed by atoms with Crippen LogP contribution < -0.4 is 0 Å². The third-order valence-corrected chi connectivity index (χ3v) is 4.49. The predicted molar refractivity (Wildman–Crippen MR) is 51.4 cm³/mol. The first kappa shape index (κ1) is 10.9. The molecule has 5 heteroatoms. The fourth-order valence-corrected chi connectivity index (χ4v) is 3.37. The van der Waals surface area contributed by atoms with Crippen molar-refractivity contribution in [1.29, 1.82) is 0 Å². The van der Waals surface area contributed by atoms with Crippen LogP contribution in [0.2, 0.25) is 0 Å². The summed E-state index contributed by atoms with van der Waals surface area (Å²) in [5, 5.41) is 8.90. The van der Waals surface area contributed by atoms with E-state index in [1.54, 1.807) is 0 Å². The quantitative estimate of drug-likeness (QED) is 0.677. The smallest absolute Gasteiger partial charge is 0.151 e. The normalized spacial score (nSPS) is 29.4. The van der Waals surface area contributed by atoms with Gasteiger partial charge in [0.25, 0.3) is 0 Å². The van der Waals surface area contributed by atoms with Crippen LogP contribution >= 0.6 is 0 Å². The van der Waals surface area contributed by atoms with Crippen LogP contribution in [0, 0.1) is 0 Å². The molecule has 0 aromatic rings. The van der Waals surface area contributed by atoms with Gasteiger partial charge in [-0.1, -0.05) is 0 Å². The highest BCUT2D eigenvalue weighted by atomic mass is 32.2. The molecule has 1 N–H and O–H groups in total. The second kappa shape index (κ2) is 3.94. The van der Waals surface area contributed by atoms with Crippen molar-refractivity contribution in [3.8, 4) is 0 Å². The Morgan fingerprint density at radius 3 is 2.62 bits per heavy atom. The summed E-state index contributed by atoms with van der Waals surface area (Å²) >= 11 is 0. The molecule has 0 saturated carbocycles. The SMILES string of the molecule is CC(CO)N(C)C1CCS(=O)(=O)C1. The molecule has 1 fully saturated rings. The van der Waals surface area contributed by atoms with Crippen molar-refractivity contribution in [1.82, 2.24) is 4.90 Å². The van der Waals surface area contributed by atoms with Gasteiger partial charge in [0.2, 0.25) is 0 Å². The third kappa shape index (κ3) is 2.65. The van der Waals surface area contributed by atoms with Crippen LogP contribution in [0.15, 0.2) is 0 Å². The molecule has 2 unspecified atom stereocenters. The minimum absolute atomic E-state index is 0.0401. The van der Waals surface area contributed by atoms with Gasteiger partial charge in [-0.25, -0.2) is 8.42 Å². The summed E-state index contributed by atoms with van der Waals surface area (Å²) < 4.78 is 22.3. The van der Waals surface area contributed by atoms with Gasteiger partial charge in [0, 0.05) is 12.1 Å². The zero-order chi connectivity index (χ0) is 10.1. The van der Waals surface area contributed by atoms with E-state index < -0.39 is 9.84 Å². The van der Waals surface area contributed by atoms with Crippen LogP contribution in [-0.4, -0.2) is 55.7 Å².